The zero-order valence-corrected chi connectivity index (χ0v) is 13.1. The average molecular weight is 334 g/mol. The van der Waals surface area contributed by atoms with E-state index in [0.29, 0.717) is 11.1 Å². The van der Waals surface area contributed by atoms with Gasteiger partial charge in [0.15, 0.2) is 15.9 Å². The molecule has 0 saturated heterocycles. The molecule has 0 fully saturated rings. The summed E-state index contributed by atoms with van der Waals surface area (Å²) in [6.07, 6.45) is -0.169. The van der Waals surface area contributed by atoms with Crippen LogP contribution in [-0.2, 0) is 14.6 Å². The monoisotopic (exact) mass is 334 g/mol. The Morgan fingerprint density at radius 2 is 1.87 bits per heavy atom. The summed E-state index contributed by atoms with van der Waals surface area (Å²) < 4.78 is 52.6. The van der Waals surface area contributed by atoms with Crippen molar-refractivity contribution >= 4 is 15.7 Å². The highest BCUT2D eigenvalue weighted by Crippen LogP contribution is 2.31. The maximum absolute atomic E-state index is 11.6. The molecule has 0 spiro atoms. The molecule has 2 atom stereocenters. The Bertz CT molecular complexity index is 940. The Kier molecular flexibility index (Phi) is 3.27. The van der Waals surface area contributed by atoms with Crippen molar-refractivity contribution in [3.8, 4) is 0 Å². The van der Waals surface area contributed by atoms with Gasteiger partial charge in [-0.15, -0.1) is 0 Å². The van der Waals surface area contributed by atoms with Crippen LogP contribution >= 0.6 is 0 Å². The van der Waals surface area contributed by atoms with Crippen molar-refractivity contribution < 1.29 is 22.4 Å². The minimum absolute atomic E-state index is 0.0377. The summed E-state index contributed by atoms with van der Waals surface area (Å²) in [7, 11) is -3.39. The van der Waals surface area contributed by atoms with Crippen LogP contribution in [0.3, 0.4) is 0 Å². The third-order valence-electron chi connectivity index (χ3n) is 3.45. The molecule has 120 valence electrons. The van der Waals surface area contributed by atoms with Crippen LogP contribution in [0, 0.1) is 0 Å². The highest BCUT2D eigenvalue weighted by atomic mass is 32.2. The molecule has 1 aliphatic heterocycles. The van der Waals surface area contributed by atoms with E-state index in [1.807, 2.05) is 0 Å². The average Bonchev–Trinajstić information content (AvgIpc) is 2.94. The molecule has 23 heavy (non-hydrogen) atoms. The molecule has 2 aromatic rings. The number of aliphatic hydroxyl groups is 1. The molecule has 5 nitrogen and oxygen atoms in total. The van der Waals surface area contributed by atoms with Gasteiger partial charge in [0.1, 0.15) is 6.02 Å². The lowest BCUT2D eigenvalue weighted by Crippen LogP contribution is -2.18. The van der Waals surface area contributed by atoms with Gasteiger partial charge in [0.05, 0.1) is 15.6 Å². The van der Waals surface area contributed by atoms with Gasteiger partial charge in [-0.1, -0.05) is 30.3 Å². The Morgan fingerprint density at radius 3 is 2.43 bits per heavy atom. The lowest BCUT2D eigenvalue weighted by atomic mass is 10.0. The summed E-state index contributed by atoms with van der Waals surface area (Å²) >= 11 is 0. The molecule has 3 rings (SSSR count). The van der Waals surface area contributed by atoms with Gasteiger partial charge < -0.3 is 9.84 Å². The minimum atomic E-state index is -3.39. The van der Waals surface area contributed by atoms with Crippen LogP contribution in [0.1, 0.15) is 21.3 Å². The summed E-state index contributed by atoms with van der Waals surface area (Å²) in [6.45, 7) is -2.98. The molecule has 1 heterocycles. The summed E-state index contributed by atoms with van der Waals surface area (Å²) in [4.78, 5) is 4.10. The van der Waals surface area contributed by atoms with Crippen molar-refractivity contribution in [3.05, 3.63) is 65.7 Å². The molecule has 0 saturated carbocycles. The maximum Gasteiger partial charge on any atom is 0.217 e. The molecule has 0 aliphatic carbocycles. The van der Waals surface area contributed by atoms with Crippen LogP contribution in [0.5, 0.6) is 0 Å². The zero-order chi connectivity index (χ0) is 19.2. The number of ether oxygens (including phenoxy) is 1. The van der Waals surface area contributed by atoms with Crippen LogP contribution in [0.25, 0.3) is 0 Å². The Hall–Kier alpha value is -2.18. The second kappa shape index (κ2) is 6.14. The normalized spacial score (nSPS) is 26.6. The van der Waals surface area contributed by atoms with Crippen molar-refractivity contribution in [1.29, 1.82) is 0 Å². The Labute approximate surface area is 139 Å². The number of sulfone groups is 1. The first kappa shape index (κ1) is 12.3. The minimum Gasteiger partial charge on any atom is -0.467 e. The van der Waals surface area contributed by atoms with Crippen molar-refractivity contribution in [2.24, 2.45) is 4.99 Å². The van der Waals surface area contributed by atoms with Gasteiger partial charge in [-0.25, -0.2) is 13.4 Å². The summed E-state index contributed by atoms with van der Waals surface area (Å²) in [6, 6.07) is 11.9. The van der Waals surface area contributed by atoms with Crippen molar-refractivity contribution in [2.75, 3.05) is 12.8 Å². The van der Waals surface area contributed by atoms with Gasteiger partial charge in [-0.3, -0.25) is 0 Å². The van der Waals surface area contributed by atoms with E-state index in [1.54, 1.807) is 30.3 Å². The van der Waals surface area contributed by atoms with E-state index in [2.05, 4.69) is 4.99 Å². The van der Waals surface area contributed by atoms with Gasteiger partial charge in [-0.2, -0.15) is 0 Å². The predicted octanol–water partition coefficient (Wildman–Crippen LogP) is 1.97. The lowest BCUT2D eigenvalue weighted by molar-refractivity contribution is 0.152. The molecule has 0 bridgehead atoms. The van der Waals surface area contributed by atoms with Crippen molar-refractivity contribution in [2.45, 2.75) is 17.0 Å². The summed E-state index contributed by atoms with van der Waals surface area (Å²) in [5.41, 5.74) is 0.878. The van der Waals surface area contributed by atoms with E-state index >= 15 is 0 Å². The largest absolute Gasteiger partial charge is 0.467 e. The van der Waals surface area contributed by atoms with E-state index in [-0.39, 0.29) is 10.8 Å². The first-order valence-corrected chi connectivity index (χ1v) is 8.76. The fourth-order valence-corrected chi connectivity index (χ4v) is 2.90. The molecule has 6 heteroatoms. The first-order valence-electron chi connectivity index (χ1n) is 8.37. The molecule has 2 aromatic carbocycles. The standard InChI is InChI=1S/C17H17NO4S/c1-23(20,21)14-9-7-12(8-10-14)16-15(11-19)18-17(22-16)13-5-3-2-4-6-13/h2-10,15-16,19H,11H2,1H3/t15-,16-/m1/s1/i11D2,15D. The third kappa shape index (κ3) is 3.28. The second-order valence-electron chi connectivity index (χ2n) is 5.12. The van der Waals surface area contributed by atoms with Crippen LogP contribution in [0.2, 0.25) is 0 Å². The van der Waals surface area contributed by atoms with E-state index in [9.17, 15) is 13.5 Å². The number of benzene rings is 2. The fourth-order valence-electron chi connectivity index (χ4n) is 2.27. The zero-order valence-electron chi connectivity index (χ0n) is 15.3. The van der Waals surface area contributed by atoms with E-state index in [0.717, 1.165) is 6.26 Å². The van der Waals surface area contributed by atoms with Crippen LogP contribution < -0.4 is 0 Å². The van der Waals surface area contributed by atoms with Gasteiger partial charge in [0.2, 0.25) is 5.90 Å². The molecule has 0 radical (unpaired) electrons. The maximum atomic E-state index is 11.6. The van der Waals surface area contributed by atoms with Gasteiger partial charge >= 0.3 is 0 Å². The smallest absolute Gasteiger partial charge is 0.217 e. The van der Waals surface area contributed by atoms with Gasteiger partial charge in [-0.05, 0) is 29.8 Å². The molecule has 1 aliphatic rings. The first-order chi connectivity index (χ1) is 12.0. The molecule has 0 amide bonds. The fraction of sp³-hybridized carbons (Fsp3) is 0.235. The van der Waals surface area contributed by atoms with Crippen LogP contribution in [-0.4, -0.2) is 38.3 Å². The molecule has 0 unspecified atom stereocenters. The van der Waals surface area contributed by atoms with Crippen molar-refractivity contribution in [1.82, 2.24) is 0 Å². The van der Waals surface area contributed by atoms with Crippen LogP contribution in [0.15, 0.2) is 64.5 Å². The highest BCUT2D eigenvalue weighted by Gasteiger charge is 2.32. The van der Waals surface area contributed by atoms with E-state index < -0.39 is 28.5 Å². The Morgan fingerprint density at radius 1 is 1.22 bits per heavy atom. The second-order valence-corrected chi connectivity index (χ2v) is 7.13. The summed E-state index contributed by atoms with van der Waals surface area (Å²) in [5, 5.41) is 9.92. The quantitative estimate of drug-likeness (QED) is 0.927. The molecular weight excluding hydrogens is 314 g/mol. The van der Waals surface area contributed by atoms with Crippen LogP contribution in [0.4, 0.5) is 0 Å². The number of nitrogens with zero attached hydrogens (tertiary/aromatic N) is 1. The third-order valence-corrected chi connectivity index (χ3v) is 4.57. The lowest BCUT2D eigenvalue weighted by Gasteiger charge is -2.16. The SMILES string of the molecule is [2H]C([2H])(O)[C@@]1([2H])N=C(c2ccccc2)O[C@@H]1c1ccc(S(C)(=O)=O)cc1. The number of hydrogen-bond donors (Lipinski definition) is 1. The van der Waals surface area contributed by atoms with Gasteiger partial charge in [0, 0.05) is 11.8 Å². The molecule has 0 aromatic heterocycles. The molecular formula is C17H17NO4S. The number of rotatable bonds is 4. The number of hydrogen-bond acceptors (Lipinski definition) is 5. The highest BCUT2D eigenvalue weighted by molar-refractivity contribution is 7.90. The summed E-state index contributed by atoms with van der Waals surface area (Å²) in [5.74, 6) is 0.0377. The van der Waals surface area contributed by atoms with Crippen molar-refractivity contribution in [3.63, 3.8) is 0 Å². The molecule has 1 N–H and O–H groups in total. The van der Waals surface area contributed by atoms with E-state index in [4.69, 9.17) is 8.85 Å². The topological polar surface area (TPSA) is 76.0 Å². The van der Waals surface area contributed by atoms with E-state index in [1.165, 1.54) is 24.3 Å². The number of aliphatic imine (C=N–C) groups is 1. The van der Waals surface area contributed by atoms with Gasteiger partial charge in [0.25, 0.3) is 0 Å². The Balaban J connectivity index is 2.04. The predicted molar refractivity (Wildman–Crippen MR) is 87.2 cm³/mol.